The maximum absolute atomic E-state index is 13.2. The molecule has 0 saturated heterocycles. The Bertz CT molecular complexity index is 1230. The van der Waals surface area contributed by atoms with Gasteiger partial charge in [0, 0.05) is 5.39 Å². The Balaban J connectivity index is 1.68. The van der Waals surface area contributed by atoms with Gasteiger partial charge < -0.3 is 5.32 Å². The second-order valence-corrected chi connectivity index (χ2v) is 8.80. The van der Waals surface area contributed by atoms with Crippen LogP contribution in [0, 0.1) is 0 Å². The van der Waals surface area contributed by atoms with Crippen molar-refractivity contribution in [2.75, 3.05) is 5.32 Å². The summed E-state index contributed by atoms with van der Waals surface area (Å²) in [7, 11) is 0. The number of thiophene rings is 1. The monoisotopic (exact) mass is 479 g/mol. The van der Waals surface area contributed by atoms with Crippen LogP contribution in [0.1, 0.15) is 16.4 Å². The molecule has 0 aliphatic carbocycles. The smallest absolute Gasteiger partial charge is 0.323 e. The molecule has 4 aromatic rings. The number of rotatable bonds is 5. The number of aromatic nitrogens is 2. The Hall–Kier alpha value is -2.62. The van der Waals surface area contributed by atoms with Gasteiger partial charge in [0.1, 0.15) is 21.4 Å². The molecule has 1 amide bonds. The van der Waals surface area contributed by atoms with Gasteiger partial charge in [-0.15, -0.1) is 11.3 Å². The number of hydrogen-bond donors (Lipinski definition) is 1. The van der Waals surface area contributed by atoms with E-state index < -0.39 is 22.9 Å². The average Bonchev–Trinajstić information content (AvgIpc) is 3.23. The van der Waals surface area contributed by atoms with Crippen LogP contribution in [0.15, 0.2) is 71.3 Å². The zero-order valence-electron chi connectivity index (χ0n) is 15.6. The summed E-state index contributed by atoms with van der Waals surface area (Å²) in [6.45, 7) is 0. The predicted molar refractivity (Wildman–Crippen MR) is 118 cm³/mol. The number of anilines is 1. The summed E-state index contributed by atoms with van der Waals surface area (Å²) in [4.78, 5) is 22.5. The standard InChI is InChI=1S/C21H13ClF3N3OS2/c22-15-7-6-13(21(23,24)25)10-16(15)28-18(29)17(12-4-2-1-3-5-12)31-20-14-8-9-30-19(14)26-11-27-20/h1-11,17H,(H,28,29)/t17-/m0/s1. The first-order valence-electron chi connectivity index (χ1n) is 8.90. The van der Waals surface area contributed by atoms with Gasteiger partial charge in [-0.05, 0) is 35.2 Å². The maximum atomic E-state index is 13.2. The van der Waals surface area contributed by atoms with Crippen molar-refractivity contribution in [2.45, 2.75) is 16.5 Å². The van der Waals surface area contributed by atoms with Crippen molar-refractivity contribution in [3.8, 4) is 0 Å². The molecular formula is C21H13ClF3N3OS2. The Kier molecular flexibility index (Phi) is 6.17. The topological polar surface area (TPSA) is 54.9 Å². The van der Waals surface area contributed by atoms with Crippen LogP contribution in [0.5, 0.6) is 0 Å². The van der Waals surface area contributed by atoms with Gasteiger partial charge in [-0.1, -0.05) is 53.7 Å². The van der Waals surface area contributed by atoms with Crippen LogP contribution in [0.3, 0.4) is 0 Å². The van der Waals surface area contributed by atoms with Crippen LogP contribution in [-0.2, 0) is 11.0 Å². The minimum absolute atomic E-state index is 0.0143. The highest BCUT2D eigenvalue weighted by atomic mass is 35.5. The summed E-state index contributed by atoms with van der Waals surface area (Å²) >= 11 is 8.71. The first kappa shape index (κ1) is 21.6. The molecule has 0 fully saturated rings. The van der Waals surface area contributed by atoms with Crippen molar-refractivity contribution in [1.29, 1.82) is 0 Å². The lowest BCUT2D eigenvalue weighted by Gasteiger charge is -2.18. The number of hydrogen-bond acceptors (Lipinski definition) is 5. The second-order valence-electron chi connectivity index (χ2n) is 6.41. The summed E-state index contributed by atoms with van der Waals surface area (Å²) in [5, 5.41) is 5.08. The molecule has 0 bridgehead atoms. The third kappa shape index (κ3) is 4.84. The van der Waals surface area contributed by atoms with Crippen molar-refractivity contribution >= 4 is 56.5 Å². The number of nitrogens with zero attached hydrogens (tertiary/aromatic N) is 2. The molecule has 10 heteroatoms. The quantitative estimate of drug-likeness (QED) is 0.251. The Morgan fingerprint density at radius 1 is 1.10 bits per heavy atom. The first-order chi connectivity index (χ1) is 14.8. The van der Waals surface area contributed by atoms with Gasteiger partial charge in [0.05, 0.1) is 16.3 Å². The second kappa shape index (κ2) is 8.86. The van der Waals surface area contributed by atoms with Crippen LogP contribution in [0.2, 0.25) is 5.02 Å². The van der Waals surface area contributed by atoms with E-state index in [4.69, 9.17) is 11.6 Å². The number of fused-ring (bicyclic) bond motifs is 1. The third-order valence-electron chi connectivity index (χ3n) is 4.35. The number of carbonyl (C=O) groups is 1. The van der Waals surface area contributed by atoms with Gasteiger partial charge in [0.25, 0.3) is 0 Å². The van der Waals surface area contributed by atoms with Crippen LogP contribution in [-0.4, -0.2) is 15.9 Å². The van der Waals surface area contributed by atoms with E-state index in [1.807, 2.05) is 17.5 Å². The molecule has 0 aliphatic heterocycles. The fourth-order valence-corrected chi connectivity index (χ4v) is 4.91. The van der Waals surface area contributed by atoms with E-state index in [0.29, 0.717) is 10.6 Å². The minimum atomic E-state index is -4.55. The van der Waals surface area contributed by atoms with Crippen LogP contribution in [0.25, 0.3) is 10.2 Å². The zero-order chi connectivity index (χ0) is 22.0. The van der Waals surface area contributed by atoms with E-state index in [1.165, 1.54) is 29.4 Å². The van der Waals surface area contributed by atoms with E-state index in [9.17, 15) is 18.0 Å². The van der Waals surface area contributed by atoms with E-state index in [-0.39, 0.29) is 10.7 Å². The lowest BCUT2D eigenvalue weighted by Crippen LogP contribution is -2.20. The van der Waals surface area contributed by atoms with Crippen LogP contribution >= 0.6 is 34.7 Å². The van der Waals surface area contributed by atoms with Gasteiger partial charge >= 0.3 is 6.18 Å². The van der Waals surface area contributed by atoms with Crippen LogP contribution in [0.4, 0.5) is 18.9 Å². The number of amides is 1. The van der Waals surface area contributed by atoms with Gasteiger partial charge in [0.2, 0.25) is 5.91 Å². The third-order valence-corrected chi connectivity index (χ3v) is 6.77. The maximum Gasteiger partial charge on any atom is 0.416 e. The molecule has 1 N–H and O–H groups in total. The Morgan fingerprint density at radius 3 is 2.61 bits per heavy atom. The lowest BCUT2D eigenvalue weighted by atomic mass is 10.1. The molecule has 4 rings (SSSR count). The summed E-state index contributed by atoms with van der Waals surface area (Å²) in [6, 6.07) is 13.6. The SMILES string of the molecule is O=C(Nc1cc(C(F)(F)F)ccc1Cl)[C@@H](Sc1ncnc2sccc12)c1ccccc1. The first-order valence-corrected chi connectivity index (χ1v) is 11.0. The minimum Gasteiger partial charge on any atom is -0.323 e. The van der Waals surface area contributed by atoms with Gasteiger partial charge in [-0.3, -0.25) is 4.79 Å². The average molecular weight is 480 g/mol. The van der Waals surface area contributed by atoms with E-state index in [1.54, 1.807) is 24.3 Å². The Labute approximate surface area is 188 Å². The van der Waals surface area contributed by atoms with Gasteiger partial charge in [-0.25, -0.2) is 9.97 Å². The summed E-state index contributed by atoms with van der Waals surface area (Å²) < 4.78 is 39.3. The van der Waals surface area contributed by atoms with Crippen molar-refractivity contribution in [3.63, 3.8) is 0 Å². The highest BCUT2D eigenvalue weighted by molar-refractivity contribution is 8.00. The molecule has 1 atom stereocenters. The molecule has 31 heavy (non-hydrogen) atoms. The van der Waals surface area contributed by atoms with E-state index >= 15 is 0 Å². The highest BCUT2D eigenvalue weighted by Crippen LogP contribution is 2.40. The fourth-order valence-electron chi connectivity index (χ4n) is 2.87. The molecule has 2 aromatic carbocycles. The highest BCUT2D eigenvalue weighted by Gasteiger charge is 2.32. The molecule has 0 spiro atoms. The number of carbonyl (C=O) groups excluding carboxylic acids is 1. The van der Waals surface area contributed by atoms with E-state index in [2.05, 4.69) is 15.3 Å². The summed E-state index contributed by atoms with van der Waals surface area (Å²) in [6.07, 6.45) is -3.13. The molecular weight excluding hydrogens is 467 g/mol. The molecule has 0 radical (unpaired) electrons. The predicted octanol–water partition coefficient (Wildman–Crippen LogP) is 6.84. The molecule has 0 unspecified atom stereocenters. The number of nitrogens with one attached hydrogen (secondary N) is 1. The molecule has 4 nitrogen and oxygen atoms in total. The Morgan fingerprint density at radius 2 is 1.87 bits per heavy atom. The summed E-state index contributed by atoms with van der Waals surface area (Å²) in [5.41, 5.74) is -0.326. The molecule has 158 valence electrons. The number of halogens is 4. The van der Waals surface area contributed by atoms with Gasteiger partial charge in [0.15, 0.2) is 0 Å². The normalized spacial score (nSPS) is 12.6. The van der Waals surface area contributed by atoms with Gasteiger partial charge in [-0.2, -0.15) is 13.2 Å². The van der Waals surface area contributed by atoms with Crippen molar-refractivity contribution in [2.24, 2.45) is 0 Å². The van der Waals surface area contributed by atoms with Crippen molar-refractivity contribution in [3.05, 3.63) is 82.5 Å². The lowest BCUT2D eigenvalue weighted by molar-refractivity contribution is -0.137. The van der Waals surface area contributed by atoms with E-state index in [0.717, 1.165) is 28.4 Å². The number of thioether (sulfide) groups is 1. The largest absolute Gasteiger partial charge is 0.416 e. The van der Waals surface area contributed by atoms with Crippen molar-refractivity contribution < 1.29 is 18.0 Å². The van der Waals surface area contributed by atoms with Crippen LogP contribution < -0.4 is 5.32 Å². The molecule has 2 aromatic heterocycles. The molecule has 0 saturated carbocycles. The van der Waals surface area contributed by atoms with Crippen molar-refractivity contribution in [1.82, 2.24) is 9.97 Å². The zero-order valence-corrected chi connectivity index (χ0v) is 17.9. The number of benzene rings is 2. The molecule has 0 aliphatic rings. The number of alkyl halides is 3. The fraction of sp³-hybridized carbons (Fsp3) is 0.0952. The summed E-state index contributed by atoms with van der Waals surface area (Å²) in [5.74, 6) is -0.514. The molecule has 2 heterocycles.